The number of anilines is 1. The number of aromatic nitrogens is 2. The average molecular weight is 272 g/mol. The van der Waals surface area contributed by atoms with Crippen LogP contribution in [-0.4, -0.2) is 21.7 Å². The fraction of sp³-hybridized carbons (Fsp3) is 0.812. The minimum absolute atomic E-state index is 0.653. The smallest absolute Gasteiger partial charge is 0.150 e. The molecule has 0 spiro atoms. The standard InChI is InChI=1S/C16H24N4/c1-19-7-13-14(8-19)20(18-16(13)17)15-11-3-9-2-10(5-11)6-12(15)4-9/h9-12,15H,2-8H2,1H3,(H2,17,18). The van der Waals surface area contributed by atoms with Crippen molar-refractivity contribution < 1.29 is 0 Å². The molecular weight excluding hydrogens is 248 g/mol. The van der Waals surface area contributed by atoms with E-state index in [0.717, 1.165) is 42.6 Å². The molecule has 0 aromatic carbocycles. The fourth-order valence-electron chi connectivity index (χ4n) is 5.99. The predicted octanol–water partition coefficient (Wildman–Crippen LogP) is 2.41. The van der Waals surface area contributed by atoms with Crippen molar-refractivity contribution in [2.75, 3.05) is 12.8 Å². The third-order valence-electron chi connectivity index (χ3n) is 6.46. The first-order valence-electron chi connectivity index (χ1n) is 8.23. The highest BCUT2D eigenvalue weighted by Crippen LogP contribution is 2.58. The molecule has 4 fully saturated rings. The van der Waals surface area contributed by atoms with Crippen LogP contribution in [0.25, 0.3) is 0 Å². The Kier molecular flexibility index (Phi) is 2.20. The Labute approximate surface area is 120 Å². The number of nitrogens with zero attached hydrogens (tertiary/aromatic N) is 3. The van der Waals surface area contributed by atoms with Gasteiger partial charge in [0.15, 0.2) is 0 Å². The van der Waals surface area contributed by atoms with E-state index in [0.29, 0.717) is 6.04 Å². The maximum absolute atomic E-state index is 6.19. The van der Waals surface area contributed by atoms with Crippen LogP contribution in [0, 0.1) is 23.7 Å². The molecule has 1 aromatic rings. The van der Waals surface area contributed by atoms with Crippen LogP contribution in [0.5, 0.6) is 0 Å². The van der Waals surface area contributed by atoms with Crippen molar-refractivity contribution in [1.29, 1.82) is 0 Å². The van der Waals surface area contributed by atoms with Crippen LogP contribution in [0.15, 0.2) is 0 Å². The minimum atomic E-state index is 0.653. The molecule has 0 unspecified atom stereocenters. The monoisotopic (exact) mass is 272 g/mol. The first-order valence-corrected chi connectivity index (χ1v) is 8.23. The Morgan fingerprint density at radius 2 is 1.65 bits per heavy atom. The SMILES string of the molecule is CN1Cc2c(N)nn(C3C4CC5CC(C4)CC3C5)c2C1. The average Bonchev–Trinajstić information content (AvgIpc) is 2.89. The molecule has 1 aliphatic heterocycles. The summed E-state index contributed by atoms with van der Waals surface area (Å²) in [4.78, 5) is 2.36. The largest absolute Gasteiger partial charge is 0.382 e. The normalized spacial score (nSPS) is 42.4. The van der Waals surface area contributed by atoms with E-state index in [4.69, 9.17) is 10.8 Å². The van der Waals surface area contributed by atoms with Gasteiger partial charge in [-0.2, -0.15) is 5.10 Å². The first-order chi connectivity index (χ1) is 9.69. The van der Waals surface area contributed by atoms with Gasteiger partial charge in [0.25, 0.3) is 0 Å². The van der Waals surface area contributed by atoms with Gasteiger partial charge < -0.3 is 5.73 Å². The lowest BCUT2D eigenvalue weighted by Gasteiger charge is -2.54. The van der Waals surface area contributed by atoms with E-state index in [-0.39, 0.29) is 0 Å². The number of hydrogen-bond acceptors (Lipinski definition) is 3. The maximum Gasteiger partial charge on any atom is 0.150 e. The third-order valence-corrected chi connectivity index (χ3v) is 6.46. The van der Waals surface area contributed by atoms with E-state index in [1.54, 1.807) is 0 Å². The van der Waals surface area contributed by atoms with Gasteiger partial charge in [0.1, 0.15) is 5.82 Å². The molecule has 5 aliphatic rings. The van der Waals surface area contributed by atoms with Crippen molar-refractivity contribution in [3.63, 3.8) is 0 Å². The molecule has 0 amide bonds. The molecule has 0 atom stereocenters. The molecule has 2 heterocycles. The summed E-state index contributed by atoms with van der Waals surface area (Å²) >= 11 is 0. The zero-order valence-corrected chi connectivity index (χ0v) is 12.3. The van der Waals surface area contributed by atoms with Crippen molar-refractivity contribution in [2.24, 2.45) is 23.7 Å². The minimum Gasteiger partial charge on any atom is -0.382 e. The lowest BCUT2D eigenvalue weighted by Crippen LogP contribution is -2.46. The topological polar surface area (TPSA) is 47.1 Å². The lowest BCUT2D eigenvalue weighted by atomic mass is 9.54. The zero-order valence-electron chi connectivity index (χ0n) is 12.3. The molecule has 2 N–H and O–H groups in total. The van der Waals surface area contributed by atoms with E-state index in [1.165, 1.54) is 43.4 Å². The summed E-state index contributed by atoms with van der Waals surface area (Å²) in [6.45, 7) is 2.01. The van der Waals surface area contributed by atoms with Crippen LogP contribution in [0.1, 0.15) is 49.4 Å². The molecule has 0 saturated heterocycles. The molecular formula is C16H24N4. The quantitative estimate of drug-likeness (QED) is 0.854. The molecule has 4 saturated carbocycles. The second-order valence-electron chi connectivity index (χ2n) is 7.85. The molecule has 6 rings (SSSR count). The second-order valence-corrected chi connectivity index (χ2v) is 7.85. The first kappa shape index (κ1) is 11.6. The van der Waals surface area contributed by atoms with Crippen LogP contribution >= 0.6 is 0 Å². The summed E-state index contributed by atoms with van der Waals surface area (Å²) in [6.07, 6.45) is 7.30. The van der Waals surface area contributed by atoms with Crippen molar-refractivity contribution in [1.82, 2.24) is 14.7 Å². The highest BCUT2D eigenvalue weighted by Gasteiger charge is 2.50. The summed E-state index contributed by atoms with van der Waals surface area (Å²) in [5, 5.41) is 4.78. The Morgan fingerprint density at radius 3 is 2.30 bits per heavy atom. The van der Waals surface area contributed by atoms with Gasteiger partial charge in [0.05, 0.1) is 11.7 Å². The van der Waals surface area contributed by atoms with Crippen molar-refractivity contribution in [3.8, 4) is 0 Å². The number of hydrogen-bond donors (Lipinski definition) is 1. The molecule has 1 aromatic heterocycles. The van der Waals surface area contributed by atoms with Gasteiger partial charge in [-0.15, -0.1) is 0 Å². The van der Waals surface area contributed by atoms with Gasteiger partial charge in [-0.25, -0.2) is 0 Å². The van der Waals surface area contributed by atoms with Gasteiger partial charge in [-0.3, -0.25) is 9.58 Å². The van der Waals surface area contributed by atoms with Crippen LogP contribution in [0.4, 0.5) is 5.82 Å². The van der Waals surface area contributed by atoms with Crippen LogP contribution in [-0.2, 0) is 13.1 Å². The van der Waals surface area contributed by atoms with Gasteiger partial charge in [-0.05, 0) is 62.8 Å². The lowest BCUT2D eigenvalue weighted by molar-refractivity contribution is -0.0348. The molecule has 20 heavy (non-hydrogen) atoms. The van der Waals surface area contributed by atoms with E-state index >= 15 is 0 Å². The Balaban J connectivity index is 1.56. The number of nitrogen functional groups attached to an aromatic ring is 1. The van der Waals surface area contributed by atoms with Crippen molar-refractivity contribution in [3.05, 3.63) is 11.3 Å². The van der Waals surface area contributed by atoms with Crippen LogP contribution in [0.3, 0.4) is 0 Å². The fourth-order valence-corrected chi connectivity index (χ4v) is 5.99. The number of nitrogens with two attached hydrogens (primary N) is 1. The van der Waals surface area contributed by atoms with Crippen LogP contribution in [0.2, 0.25) is 0 Å². The molecule has 4 bridgehead atoms. The highest BCUT2D eigenvalue weighted by molar-refractivity contribution is 5.45. The van der Waals surface area contributed by atoms with Crippen molar-refractivity contribution >= 4 is 5.82 Å². The van der Waals surface area contributed by atoms with Gasteiger partial charge in [0, 0.05) is 18.7 Å². The van der Waals surface area contributed by atoms with Gasteiger partial charge in [0.2, 0.25) is 0 Å². The molecule has 4 heteroatoms. The summed E-state index contributed by atoms with van der Waals surface area (Å²) in [7, 11) is 2.18. The summed E-state index contributed by atoms with van der Waals surface area (Å²) in [5.74, 6) is 4.59. The van der Waals surface area contributed by atoms with E-state index in [9.17, 15) is 0 Å². The Hall–Kier alpha value is -1.03. The van der Waals surface area contributed by atoms with Crippen molar-refractivity contribution in [2.45, 2.75) is 51.2 Å². The Bertz CT molecular complexity index is 533. The predicted molar refractivity (Wildman–Crippen MR) is 77.9 cm³/mol. The number of fused-ring (bicyclic) bond motifs is 1. The second kappa shape index (κ2) is 3.79. The highest BCUT2D eigenvalue weighted by atomic mass is 15.4. The number of rotatable bonds is 1. The van der Waals surface area contributed by atoms with Gasteiger partial charge >= 0.3 is 0 Å². The Morgan fingerprint density at radius 1 is 1.00 bits per heavy atom. The summed E-state index contributed by atoms with van der Waals surface area (Å²) < 4.78 is 2.38. The molecule has 108 valence electrons. The molecule has 4 nitrogen and oxygen atoms in total. The summed E-state index contributed by atoms with van der Waals surface area (Å²) in [6, 6.07) is 0.653. The molecule has 4 aliphatic carbocycles. The van der Waals surface area contributed by atoms with E-state index in [1.807, 2.05) is 0 Å². The van der Waals surface area contributed by atoms with E-state index < -0.39 is 0 Å². The zero-order chi connectivity index (χ0) is 13.4. The third kappa shape index (κ3) is 1.43. The molecule has 0 radical (unpaired) electrons. The van der Waals surface area contributed by atoms with Crippen LogP contribution < -0.4 is 5.73 Å². The van der Waals surface area contributed by atoms with E-state index in [2.05, 4.69) is 16.6 Å². The van der Waals surface area contributed by atoms with Gasteiger partial charge in [-0.1, -0.05) is 0 Å². The summed E-state index contributed by atoms with van der Waals surface area (Å²) in [5.41, 5.74) is 8.92. The maximum atomic E-state index is 6.19.